The smallest absolute Gasteiger partial charge is 0.416 e. The van der Waals surface area contributed by atoms with Crippen LogP contribution in [0, 0.1) is 0 Å². The zero-order valence-electron chi connectivity index (χ0n) is 15.8. The van der Waals surface area contributed by atoms with Crippen LogP contribution in [0.5, 0.6) is 5.75 Å². The number of hydrogen-bond donors (Lipinski definition) is 0. The fourth-order valence-corrected chi connectivity index (χ4v) is 3.47. The molecule has 3 heterocycles. The number of fused-ring (bicyclic) bond motifs is 1. The van der Waals surface area contributed by atoms with Crippen LogP contribution in [-0.2, 0) is 12.6 Å². The first-order valence-corrected chi connectivity index (χ1v) is 9.03. The summed E-state index contributed by atoms with van der Waals surface area (Å²) in [4.78, 5) is 19.2. The highest BCUT2D eigenvalue weighted by molar-refractivity contribution is 5.57. The van der Waals surface area contributed by atoms with E-state index in [1.165, 1.54) is 7.11 Å². The van der Waals surface area contributed by atoms with E-state index in [0.29, 0.717) is 30.3 Å². The second-order valence-corrected chi connectivity index (χ2v) is 6.70. The molecule has 0 N–H and O–H groups in total. The van der Waals surface area contributed by atoms with Crippen molar-refractivity contribution >= 4 is 5.69 Å². The molecule has 3 aromatic rings. The van der Waals surface area contributed by atoms with Crippen LogP contribution in [0.25, 0.3) is 11.6 Å². The van der Waals surface area contributed by atoms with Gasteiger partial charge in [0.15, 0.2) is 11.6 Å². The van der Waals surface area contributed by atoms with Gasteiger partial charge in [0, 0.05) is 48.9 Å². The van der Waals surface area contributed by atoms with Crippen LogP contribution in [-0.4, -0.2) is 33.6 Å². The normalized spacial score (nSPS) is 16.4. The molecule has 0 saturated heterocycles. The summed E-state index contributed by atoms with van der Waals surface area (Å²) < 4.78 is 44.9. The van der Waals surface area contributed by atoms with Gasteiger partial charge in [-0.15, -0.1) is 0 Å². The number of hydrogen-bond acceptors (Lipinski definition) is 6. The monoisotopic (exact) mass is 401 g/mol. The molecule has 2 aromatic heterocycles. The molecule has 0 saturated carbocycles. The third kappa shape index (κ3) is 3.72. The summed E-state index contributed by atoms with van der Waals surface area (Å²) in [5, 5.41) is 0. The Morgan fingerprint density at radius 1 is 1.07 bits per heavy atom. The number of ether oxygens (including phenoxy) is 1. The summed E-state index contributed by atoms with van der Waals surface area (Å²) in [7, 11) is 1.36. The van der Waals surface area contributed by atoms with E-state index >= 15 is 0 Å². The van der Waals surface area contributed by atoms with Gasteiger partial charge in [0.1, 0.15) is 5.75 Å². The quantitative estimate of drug-likeness (QED) is 0.659. The van der Waals surface area contributed by atoms with Gasteiger partial charge < -0.3 is 9.64 Å². The number of benzene rings is 1. The molecular weight excluding hydrogens is 383 g/mol. The van der Waals surface area contributed by atoms with Gasteiger partial charge in [-0.05, 0) is 25.1 Å². The third-order valence-electron chi connectivity index (χ3n) is 4.96. The highest BCUT2D eigenvalue weighted by Gasteiger charge is 2.33. The summed E-state index contributed by atoms with van der Waals surface area (Å²) in [6.45, 7) is 2.44. The van der Waals surface area contributed by atoms with Gasteiger partial charge in [-0.25, -0.2) is 19.9 Å². The van der Waals surface area contributed by atoms with E-state index in [9.17, 15) is 13.2 Å². The van der Waals surface area contributed by atoms with Crippen LogP contribution in [0.2, 0.25) is 0 Å². The number of nitrogens with zero attached hydrogens (tertiary/aromatic N) is 5. The van der Waals surface area contributed by atoms with Crippen molar-refractivity contribution in [1.82, 2.24) is 19.9 Å². The van der Waals surface area contributed by atoms with Crippen molar-refractivity contribution in [3.05, 3.63) is 59.7 Å². The van der Waals surface area contributed by atoms with Crippen molar-refractivity contribution < 1.29 is 17.9 Å². The third-order valence-corrected chi connectivity index (χ3v) is 4.96. The van der Waals surface area contributed by atoms with Gasteiger partial charge in [0.05, 0.1) is 24.4 Å². The molecule has 0 amide bonds. The average molecular weight is 401 g/mol. The van der Waals surface area contributed by atoms with Crippen LogP contribution in [0.3, 0.4) is 0 Å². The van der Waals surface area contributed by atoms with Crippen molar-refractivity contribution in [2.75, 3.05) is 18.6 Å². The van der Waals surface area contributed by atoms with Gasteiger partial charge in [0.2, 0.25) is 0 Å². The van der Waals surface area contributed by atoms with E-state index in [2.05, 4.69) is 19.9 Å². The van der Waals surface area contributed by atoms with Crippen molar-refractivity contribution in [1.29, 1.82) is 0 Å². The van der Waals surface area contributed by atoms with Gasteiger partial charge in [0.25, 0.3) is 0 Å². The summed E-state index contributed by atoms with van der Waals surface area (Å²) >= 11 is 0. The minimum Gasteiger partial charge on any atom is -0.497 e. The van der Waals surface area contributed by atoms with Gasteiger partial charge >= 0.3 is 6.18 Å². The van der Waals surface area contributed by atoms with Gasteiger partial charge in [-0.2, -0.15) is 13.2 Å². The fraction of sp³-hybridized carbons (Fsp3) is 0.300. The summed E-state index contributed by atoms with van der Waals surface area (Å²) in [6, 6.07) is 5.28. The Morgan fingerprint density at radius 3 is 2.52 bits per heavy atom. The van der Waals surface area contributed by atoms with Crippen LogP contribution in [0.15, 0.2) is 42.9 Å². The lowest BCUT2D eigenvalue weighted by Gasteiger charge is -2.36. The largest absolute Gasteiger partial charge is 0.497 e. The van der Waals surface area contributed by atoms with Crippen molar-refractivity contribution in [2.45, 2.75) is 25.6 Å². The molecule has 29 heavy (non-hydrogen) atoms. The molecule has 9 heteroatoms. The molecule has 1 atom stereocenters. The molecule has 1 aliphatic heterocycles. The van der Waals surface area contributed by atoms with Crippen LogP contribution in [0.1, 0.15) is 29.8 Å². The summed E-state index contributed by atoms with van der Waals surface area (Å²) in [6.07, 6.45) is 1.07. The molecule has 1 aromatic carbocycles. The summed E-state index contributed by atoms with van der Waals surface area (Å²) in [5.41, 5.74) is 1.43. The van der Waals surface area contributed by atoms with Crippen molar-refractivity contribution in [3.63, 3.8) is 0 Å². The van der Waals surface area contributed by atoms with E-state index in [1.807, 2.05) is 11.8 Å². The van der Waals surface area contributed by atoms with Crippen LogP contribution in [0.4, 0.5) is 18.9 Å². The SMILES string of the molecule is COc1cc(N2CCc3nc(-c4ncccn4)ncc3C2C)cc(C(F)(F)F)c1. The predicted molar refractivity (Wildman–Crippen MR) is 101 cm³/mol. The minimum absolute atomic E-state index is 0.167. The summed E-state index contributed by atoms with van der Waals surface area (Å²) in [5.74, 6) is 1.04. The Morgan fingerprint density at radius 2 is 1.83 bits per heavy atom. The second kappa shape index (κ2) is 7.31. The highest BCUT2D eigenvalue weighted by atomic mass is 19.4. The maximum Gasteiger partial charge on any atom is 0.416 e. The second-order valence-electron chi connectivity index (χ2n) is 6.70. The lowest BCUT2D eigenvalue weighted by atomic mass is 9.98. The van der Waals surface area contributed by atoms with E-state index in [1.54, 1.807) is 30.7 Å². The molecule has 4 rings (SSSR count). The van der Waals surface area contributed by atoms with E-state index in [4.69, 9.17) is 4.74 Å². The molecule has 1 unspecified atom stereocenters. The standard InChI is InChI=1S/C20H18F3N5O/c1-12-16-11-26-19(18-24-5-3-6-25-18)27-17(16)4-7-28(12)14-8-13(20(21,22)23)9-15(10-14)29-2/h3,5-6,8-12H,4,7H2,1-2H3. The first kappa shape index (κ1) is 19.1. The average Bonchev–Trinajstić information content (AvgIpc) is 2.73. The lowest BCUT2D eigenvalue weighted by Crippen LogP contribution is -2.35. The van der Waals surface area contributed by atoms with Gasteiger partial charge in [-0.1, -0.05) is 0 Å². The molecule has 0 spiro atoms. The Labute approximate surface area is 165 Å². The molecule has 0 fully saturated rings. The maximum absolute atomic E-state index is 13.3. The molecule has 6 nitrogen and oxygen atoms in total. The number of aromatic nitrogens is 4. The molecule has 0 aliphatic carbocycles. The van der Waals surface area contributed by atoms with E-state index in [0.717, 1.165) is 23.4 Å². The molecule has 150 valence electrons. The Hall–Kier alpha value is -3.23. The number of methoxy groups -OCH3 is 1. The van der Waals surface area contributed by atoms with Crippen molar-refractivity contribution in [2.24, 2.45) is 0 Å². The zero-order chi connectivity index (χ0) is 20.6. The first-order valence-electron chi connectivity index (χ1n) is 9.03. The lowest BCUT2D eigenvalue weighted by molar-refractivity contribution is -0.137. The zero-order valence-corrected chi connectivity index (χ0v) is 15.8. The van der Waals surface area contributed by atoms with E-state index in [-0.39, 0.29) is 11.8 Å². The number of rotatable bonds is 3. The Balaban J connectivity index is 1.68. The number of halogens is 3. The fourth-order valence-electron chi connectivity index (χ4n) is 3.47. The van der Waals surface area contributed by atoms with Crippen LogP contribution >= 0.6 is 0 Å². The first-order chi connectivity index (χ1) is 13.9. The van der Waals surface area contributed by atoms with Crippen molar-refractivity contribution in [3.8, 4) is 17.4 Å². The van der Waals surface area contributed by atoms with Gasteiger partial charge in [-0.3, -0.25) is 0 Å². The number of anilines is 1. The minimum atomic E-state index is -4.45. The van der Waals surface area contributed by atoms with E-state index < -0.39 is 11.7 Å². The predicted octanol–water partition coefficient (Wildman–Crippen LogP) is 4.08. The molecular formula is C20H18F3N5O. The Bertz CT molecular complexity index is 1030. The van der Waals surface area contributed by atoms with Crippen LogP contribution < -0.4 is 9.64 Å². The number of alkyl halides is 3. The maximum atomic E-state index is 13.3. The highest BCUT2D eigenvalue weighted by Crippen LogP contribution is 2.39. The molecule has 1 aliphatic rings. The molecule has 0 radical (unpaired) electrons. The topological polar surface area (TPSA) is 64.0 Å². The molecule has 0 bridgehead atoms. The Kier molecular flexibility index (Phi) is 4.81.